The summed E-state index contributed by atoms with van der Waals surface area (Å²) in [7, 11) is 3.35. The summed E-state index contributed by atoms with van der Waals surface area (Å²) in [6, 6.07) is 5.91. The predicted molar refractivity (Wildman–Crippen MR) is 105 cm³/mol. The van der Waals surface area contributed by atoms with Crippen LogP contribution in [-0.2, 0) is 16.7 Å². The van der Waals surface area contributed by atoms with Gasteiger partial charge >= 0.3 is 0 Å². The Labute approximate surface area is 159 Å². The zero-order valence-corrected chi connectivity index (χ0v) is 16.3. The Bertz CT molecular complexity index is 911. The minimum absolute atomic E-state index is 0.0856. The number of rotatable bonds is 6. The zero-order valence-electron chi connectivity index (χ0n) is 16.3. The number of hydrogen-bond acceptors (Lipinski definition) is 4. The molecule has 1 spiro atoms. The SMILES string of the molecule is COCCCOc1cc2c(cc1OC)-c1cc(=O)c(C)cn1C1(CCC1)C2. The first-order chi connectivity index (χ1) is 13.1. The second-order valence-electron chi connectivity index (χ2n) is 7.69. The number of nitrogens with zero attached hydrogens (tertiary/aromatic N) is 1. The van der Waals surface area contributed by atoms with Gasteiger partial charge in [0.2, 0.25) is 0 Å². The first kappa shape index (κ1) is 18.1. The first-order valence-electron chi connectivity index (χ1n) is 9.65. The molecular weight excluding hydrogens is 342 g/mol. The van der Waals surface area contributed by atoms with Crippen LogP contribution >= 0.6 is 0 Å². The van der Waals surface area contributed by atoms with Crippen LogP contribution in [0.3, 0.4) is 0 Å². The van der Waals surface area contributed by atoms with Crippen LogP contribution in [0.4, 0.5) is 0 Å². The first-order valence-corrected chi connectivity index (χ1v) is 9.65. The van der Waals surface area contributed by atoms with Gasteiger partial charge < -0.3 is 18.8 Å². The second-order valence-corrected chi connectivity index (χ2v) is 7.69. The number of aryl methyl sites for hydroxylation is 1. The number of methoxy groups -OCH3 is 2. The van der Waals surface area contributed by atoms with Gasteiger partial charge in [0.1, 0.15) is 0 Å². The number of pyridine rings is 1. The van der Waals surface area contributed by atoms with Gasteiger partial charge in [0, 0.05) is 49.1 Å². The third kappa shape index (κ3) is 3.04. The van der Waals surface area contributed by atoms with E-state index < -0.39 is 0 Å². The molecule has 1 saturated carbocycles. The van der Waals surface area contributed by atoms with Gasteiger partial charge in [-0.3, -0.25) is 4.79 Å². The molecule has 0 N–H and O–H groups in total. The summed E-state index contributed by atoms with van der Waals surface area (Å²) in [6.07, 6.45) is 7.38. The standard InChI is InChI=1S/C22H27NO4/c1-15-14-23-18(12-19(15)24)17-11-20(26-3)21(27-9-5-8-25-2)10-16(17)13-22(23)6-4-7-22/h10-12,14H,4-9,13H2,1-3H3. The van der Waals surface area contributed by atoms with E-state index in [1.54, 1.807) is 20.3 Å². The third-order valence-electron chi connectivity index (χ3n) is 5.97. The maximum Gasteiger partial charge on any atom is 0.185 e. The molecule has 2 aromatic rings. The number of benzene rings is 1. The van der Waals surface area contributed by atoms with Crippen molar-refractivity contribution in [2.75, 3.05) is 27.4 Å². The molecule has 1 aromatic carbocycles. The van der Waals surface area contributed by atoms with Gasteiger partial charge in [-0.25, -0.2) is 0 Å². The molecule has 5 nitrogen and oxygen atoms in total. The Morgan fingerprint density at radius 3 is 2.59 bits per heavy atom. The molecule has 0 radical (unpaired) electrons. The topological polar surface area (TPSA) is 49.7 Å². The van der Waals surface area contributed by atoms with E-state index in [1.165, 1.54) is 12.0 Å². The van der Waals surface area contributed by atoms with Gasteiger partial charge in [-0.05, 0) is 50.3 Å². The lowest BCUT2D eigenvalue weighted by atomic mass is 9.69. The molecule has 2 heterocycles. The average Bonchev–Trinajstić information content (AvgIpc) is 2.64. The fourth-order valence-corrected chi connectivity index (χ4v) is 4.32. The van der Waals surface area contributed by atoms with Gasteiger partial charge in [-0.1, -0.05) is 0 Å². The highest BCUT2D eigenvalue weighted by Gasteiger charge is 2.43. The quantitative estimate of drug-likeness (QED) is 0.729. The van der Waals surface area contributed by atoms with Gasteiger partial charge in [0.15, 0.2) is 16.9 Å². The number of ether oxygens (including phenoxy) is 3. The van der Waals surface area contributed by atoms with Crippen molar-refractivity contribution in [3.05, 3.63) is 45.7 Å². The Kier molecular flexibility index (Phi) is 4.72. The van der Waals surface area contributed by atoms with E-state index in [-0.39, 0.29) is 11.0 Å². The summed E-state index contributed by atoms with van der Waals surface area (Å²) in [5, 5.41) is 0. The molecule has 144 valence electrons. The van der Waals surface area contributed by atoms with Crippen molar-refractivity contribution in [1.29, 1.82) is 0 Å². The van der Waals surface area contributed by atoms with E-state index in [0.717, 1.165) is 48.3 Å². The second kappa shape index (κ2) is 7.04. The Morgan fingerprint density at radius 1 is 1.11 bits per heavy atom. The van der Waals surface area contributed by atoms with Crippen LogP contribution in [0.2, 0.25) is 0 Å². The lowest BCUT2D eigenvalue weighted by Crippen LogP contribution is -2.46. The van der Waals surface area contributed by atoms with Crippen LogP contribution in [-0.4, -0.2) is 32.0 Å². The smallest absolute Gasteiger partial charge is 0.185 e. The monoisotopic (exact) mass is 369 g/mol. The third-order valence-corrected chi connectivity index (χ3v) is 5.97. The summed E-state index contributed by atoms with van der Waals surface area (Å²) < 4.78 is 19.0. The van der Waals surface area contributed by atoms with Crippen molar-refractivity contribution < 1.29 is 14.2 Å². The average molecular weight is 369 g/mol. The molecule has 27 heavy (non-hydrogen) atoms. The molecule has 1 fully saturated rings. The van der Waals surface area contributed by atoms with Crippen molar-refractivity contribution in [1.82, 2.24) is 4.57 Å². The van der Waals surface area contributed by atoms with E-state index in [2.05, 4.69) is 10.6 Å². The van der Waals surface area contributed by atoms with Crippen LogP contribution in [0.5, 0.6) is 11.5 Å². The Hall–Kier alpha value is -2.27. The molecule has 1 aliphatic heterocycles. The zero-order chi connectivity index (χ0) is 19.0. The summed E-state index contributed by atoms with van der Waals surface area (Å²) in [6.45, 7) is 3.16. The highest BCUT2D eigenvalue weighted by molar-refractivity contribution is 5.71. The van der Waals surface area contributed by atoms with E-state index in [0.29, 0.717) is 19.0 Å². The Balaban J connectivity index is 1.78. The summed E-state index contributed by atoms with van der Waals surface area (Å²) in [5.41, 5.74) is 4.30. The molecule has 0 atom stereocenters. The van der Waals surface area contributed by atoms with E-state index in [9.17, 15) is 4.79 Å². The maximum absolute atomic E-state index is 12.4. The predicted octanol–water partition coefficient (Wildman–Crippen LogP) is 3.68. The minimum Gasteiger partial charge on any atom is -0.493 e. The van der Waals surface area contributed by atoms with Gasteiger partial charge in [-0.2, -0.15) is 0 Å². The van der Waals surface area contributed by atoms with E-state index >= 15 is 0 Å². The van der Waals surface area contributed by atoms with Crippen LogP contribution in [0, 0.1) is 6.92 Å². The van der Waals surface area contributed by atoms with Crippen molar-refractivity contribution in [3.63, 3.8) is 0 Å². The molecule has 4 rings (SSSR count). The van der Waals surface area contributed by atoms with E-state index in [1.807, 2.05) is 19.2 Å². The molecular formula is C22H27NO4. The molecule has 0 bridgehead atoms. The lowest BCUT2D eigenvalue weighted by Gasteiger charge is -2.49. The fraction of sp³-hybridized carbons (Fsp3) is 0.500. The van der Waals surface area contributed by atoms with Crippen LogP contribution < -0.4 is 14.9 Å². The number of fused-ring (bicyclic) bond motifs is 4. The molecule has 5 heteroatoms. The lowest BCUT2D eigenvalue weighted by molar-refractivity contribution is 0.139. The number of aromatic nitrogens is 1. The van der Waals surface area contributed by atoms with Crippen molar-refractivity contribution in [2.24, 2.45) is 0 Å². The largest absolute Gasteiger partial charge is 0.493 e. The molecule has 0 amide bonds. The van der Waals surface area contributed by atoms with Crippen LogP contribution in [0.1, 0.15) is 36.8 Å². The number of hydrogen-bond donors (Lipinski definition) is 0. The molecule has 2 aliphatic rings. The summed E-state index contributed by atoms with van der Waals surface area (Å²) in [4.78, 5) is 12.4. The van der Waals surface area contributed by atoms with Crippen molar-refractivity contribution in [3.8, 4) is 22.8 Å². The minimum atomic E-state index is 0.0856. The molecule has 1 aliphatic carbocycles. The van der Waals surface area contributed by atoms with Gasteiger partial charge in [0.25, 0.3) is 0 Å². The normalized spacial score (nSPS) is 16.4. The van der Waals surface area contributed by atoms with Crippen molar-refractivity contribution >= 4 is 0 Å². The molecule has 0 saturated heterocycles. The van der Waals surface area contributed by atoms with Gasteiger partial charge in [0.05, 0.1) is 19.4 Å². The van der Waals surface area contributed by atoms with Gasteiger partial charge in [-0.15, -0.1) is 0 Å². The summed E-state index contributed by atoms with van der Waals surface area (Å²) >= 11 is 0. The van der Waals surface area contributed by atoms with E-state index in [4.69, 9.17) is 14.2 Å². The Morgan fingerprint density at radius 2 is 1.93 bits per heavy atom. The highest BCUT2D eigenvalue weighted by atomic mass is 16.5. The molecule has 1 aromatic heterocycles. The van der Waals surface area contributed by atoms with Crippen molar-refractivity contribution in [2.45, 2.75) is 44.6 Å². The highest BCUT2D eigenvalue weighted by Crippen LogP contribution is 2.50. The molecule has 0 unspecified atom stereocenters. The summed E-state index contributed by atoms with van der Waals surface area (Å²) in [5.74, 6) is 1.47. The maximum atomic E-state index is 12.4. The van der Waals surface area contributed by atoms with Crippen LogP contribution in [0.15, 0.2) is 29.2 Å². The van der Waals surface area contributed by atoms with Crippen LogP contribution in [0.25, 0.3) is 11.3 Å². The fourth-order valence-electron chi connectivity index (χ4n) is 4.32.